The summed E-state index contributed by atoms with van der Waals surface area (Å²) in [6.07, 6.45) is 2.54. The molecule has 138 valence electrons. The molecule has 0 N–H and O–H groups in total. The molecule has 0 aromatic heterocycles. The summed E-state index contributed by atoms with van der Waals surface area (Å²) in [7, 11) is 1.26. The van der Waals surface area contributed by atoms with Crippen molar-refractivity contribution in [3.63, 3.8) is 0 Å². The molecule has 0 saturated heterocycles. The van der Waals surface area contributed by atoms with Gasteiger partial charge in [0, 0.05) is 5.70 Å². The molecule has 2 aromatic rings. The van der Waals surface area contributed by atoms with Crippen molar-refractivity contribution in [2.45, 2.75) is 20.3 Å². The predicted octanol–water partition coefficient (Wildman–Crippen LogP) is 4.27. The zero-order chi connectivity index (χ0) is 19.6. The van der Waals surface area contributed by atoms with E-state index in [1.807, 2.05) is 24.3 Å². The van der Waals surface area contributed by atoms with Crippen LogP contribution in [0.3, 0.4) is 0 Å². The Kier molecular flexibility index (Phi) is 5.21. The highest BCUT2D eigenvalue weighted by molar-refractivity contribution is 6.23. The molecule has 4 nitrogen and oxygen atoms in total. The second kappa shape index (κ2) is 7.58. The van der Waals surface area contributed by atoms with Crippen molar-refractivity contribution in [1.29, 1.82) is 0 Å². The number of nitrogens with zero attached hydrogens (tertiary/aromatic N) is 1. The van der Waals surface area contributed by atoms with E-state index in [1.54, 1.807) is 25.1 Å². The fourth-order valence-corrected chi connectivity index (χ4v) is 3.12. The molecule has 0 radical (unpaired) electrons. The van der Waals surface area contributed by atoms with Crippen LogP contribution >= 0.6 is 0 Å². The summed E-state index contributed by atoms with van der Waals surface area (Å²) in [4.78, 5) is 26.6. The summed E-state index contributed by atoms with van der Waals surface area (Å²) in [6.45, 7) is 3.67. The van der Waals surface area contributed by atoms with Crippen LogP contribution in [0.15, 0.2) is 65.4 Å². The number of hydrogen-bond donors (Lipinski definition) is 0. The highest BCUT2D eigenvalue weighted by Gasteiger charge is 2.38. The fourth-order valence-electron chi connectivity index (χ4n) is 3.12. The minimum atomic E-state index is -0.629. The number of anilines is 1. The number of rotatable bonds is 4. The third-order valence-corrected chi connectivity index (χ3v) is 4.58. The topological polar surface area (TPSA) is 46.6 Å². The molecule has 0 aliphatic carbocycles. The molecular weight excluding hydrogens is 345 g/mol. The number of aryl methyl sites for hydroxylation is 1. The van der Waals surface area contributed by atoms with Gasteiger partial charge >= 0.3 is 5.97 Å². The smallest absolute Gasteiger partial charge is 0.340 e. The van der Waals surface area contributed by atoms with E-state index in [0.717, 1.165) is 12.0 Å². The van der Waals surface area contributed by atoms with Gasteiger partial charge in [0.1, 0.15) is 5.82 Å². The first-order chi connectivity index (χ1) is 13.0. The number of ether oxygens (including phenoxy) is 1. The fraction of sp³-hybridized carbons (Fsp3) is 0.182. The SMILES string of the molecule is CCc1ccc(/C=C2\C(=O)N(c3ccccc3F)C(C)=C2C(=O)OC)cc1. The third kappa shape index (κ3) is 3.40. The van der Waals surface area contributed by atoms with Gasteiger partial charge < -0.3 is 4.74 Å². The van der Waals surface area contributed by atoms with Crippen LogP contribution in [-0.2, 0) is 20.7 Å². The van der Waals surface area contributed by atoms with Crippen LogP contribution in [0.25, 0.3) is 6.08 Å². The van der Waals surface area contributed by atoms with Crippen LogP contribution in [-0.4, -0.2) is 19.0 Å². The van der Waals surface area contributed by atoms with E-state index in [1.165, 1.54) is 29.7 Å². The number of hydrogen-bond acceptors (Lipinski definition) is 3. The van der Waals surface area contributed by atoms with Crippen molar-refractivity contribution in [3.05, 3.63) is 82.3 Å². The van der Waals surface area contributed by atoms with E-state index < -0.39 is 17.7 Å². The second-order valence-electron chi connectivity index (χ2n) is 6.20. The van der Waals surface area contributed by atoms with Crippen LogP contribution in [0.5, 0.6) is 0 Å². The first-order valence-corrected chi connectivity index (χ1v) is 8.67. The maximum atomic E-state index is 14.3. The van der Waals surface area contributed by atoms with Gasteiger partial charge in [0.25, 0.3) is 5.91 Å². The van der Waals surface area contributed by atoms with Gasteiger partial charge in [0.2, 0.25) is 0 Å². The highest BCUT2D eigenvalue weighted by atomic mass is 19.1. The van der Waals surface area contributed by atoms with Crippen LogP contribution in [0.1, 0.15) is 25.0 Å². The van der Waals surface area contributed by atoms with Gasteiger partial charge in [-0.05, 0) is 42.7 Å². The van der Waals surface area contributed by atoms with E-state index in [2.05, 4.69) is 6.92 Å². The zero-order valence-electron chi connectivity index (χ0n) is 15.5. The van der Waals surface area contributed by atoms with Gasteiger partial charge in [-0.3, -0.25) is 9.69 Å². The molecular formula is C22H20FNO3. The maximum absolute atomic E-state index is 14.3. The normalized spacial score (nSPS) is 15.6. The van der Waals surface area contributed by atoms with Crippen molar-refractivity contribution in [1.82, 2.24) is 0 Å². The molecule has 0 spiro atoms. The molecule has 0 fully saturated rings. The average molecular weight is 365 g/mol. The predicted molar refractivity (Wildman–Crippen MR) is 102 cm³/mol. The maximum Gasteiger partial charge on any atom is 0.340 e. The van der Waals surface area contributed by atoms with E-state index in [4.69, 9.17) is 4.74 Å². The zero-order valence-corrected chi connectivity index (χ0v) is 15.5. The molecule has 1 aliphatic heterocycles. The van der Waals surface area contributed by atoms with Crippen molar-refractivity contribution < 1.29 is 18.7 Å². The van der Waals surface area contributed by atoms with Gasteiger partial charge in [-0.25, -0.2) is 9.18 Å². The van der Waals surface area contributed by atoms with Gasteiger partial charge in [0.05, 0.1) is 23.9 Å². The van der Waals surface area contributed by atoms with Gasteiger partial charge in [0.15, 0.2) is 0 Å². The highest BCUT2D eigenvalue weighted by Crippen LogP contribution is 2.36. The van der Waals surface area contributed by atoms with Gasteiger partial charge in [-0.2, -0.15) is 0 Å². The largest absolute Gasteiger partial charge is 0.465 e. The number of carbonyl (C=O) groups excluding carboxylic acids is 2. The Balaban J connectivity index is 2.12. The van der Waals surface area contributed by atoms with Gasteiger partial charge in [-0.15, -0.1) is 0 Å². The Bertz CT molecular complexity index is 958. The average Bonchev–Trinajstić information content (AvgIpc) is 2.92. The van der Waals surface area contributed by atoms with E-state index in [-0.39, 0.29) is 16.8 Å². The number of methoxy groups -OCH3 is 1. The first kappa shape index (κ1) is 18.6. The van der Waals surface area contributed by atoms with Crippen LogP contribution in [0.4, 0.5) is 10.1 Å². The number of amides is 1. The summed E-state index contributed by atoms with van der Waals surface area (Å²) >= 11 is 0. The Morgan fingerprint density at radius 3 is 2.41 bits per heavy atom. The Labute approximate surface area is 157 Å². The summed E-state index contributed by atoms with van der Waals surface area (Å²) in [6, 6.07) is 13.7. The van der Waals surface area contributed by atoms with Crippen molar-refractivity contribution >= 4 is 23.6 Å². The second-order valence-corrected chi connectivity index (χ2v) is 6.20. The Hall–Kier alpha value is -3.21. The van der Waals surface area contributed by atoms with Crippen LogP contribution in [0, 0.1) is 5.82 Å². The summed E-state index contributed by atoms with van der Waals surface area (Å²) in [5, 5.41) is 0. The molecule has 1 heterocycles. The molecule has 2 aromatic carbocycles. The standard InChI is InChI=1S/C22H20FNO3/c1-4-15-9-11-16(12-10-15)13-17-20(22(26)27-3)14(2)24(21(17)25)19-8-6-5-7-18(19)23/h5-13H,4H2,1-3H3/b17-13-. The van der Waals surface area contributed by atoms with Gasteiger partial charge in [-0.1, -0.05) is 43.3 Å². The lowest BCUT2D eigenvalue weighted by atomic mass is 10.0. The number of esters is 1. The summed E-state index contributed by atoms with van der Waals surface area (Å²) < 4.78 is 19.1. The molecule has 0 bridgehead atoms. The number of carbonyl (C=O) groups is 2. The molecule has 5 heteroatoms. The minimum absolute atomic E-state index is 0.103. The molecule has 1 amide bonds. The summed E-state index contributed by atoms with van der Waals surface area (Å²) in [5.74, 6) is -1.63. The molecule has 27 heavy (non-hydrogen) atoms. The first-order valence-electron chi connectivity index (χ1n) is 8.67. The summed E-state index contributed by atoms with van der Waals surface area (Å²) in [5.41, 5.74) is 2.72. The lowest BCUT2D eigenvalue weighted by Crippen LogP contribution is -2.25. The number of para-hydroxylation sites is 1. The molecule has 0 saturated carbocycles. The number of halogens is 1. The van der Waals surface area contributed by atoms with Crippen LogP contribution in [0.2, 0.25) is 0 Å². The molecule has 0 atom stereocenters. The lowest BCUT2D eigenvalue weighted by molar-refractivity contribution is -0.136. The molecule has 1 aliphatic rings. The van der Waals surface area contributed by atoms with Crippen molar-refractivity contribution in [2.75, 3.05) is 12.0 Å². The van der Waals surface area contributed by atoms with E-state index in [9.17, 15) is 14.0 Å². The van der Waals surface area contributed by atoms with E-state index in [0.29, 0.717) is 5.70 Å². The Morgan fingerprint density at radius 1 is 1.15 bits per heavy atom. The molecule has 3 rings (SSSR count). The van der Waals surface area contributed by atoms with Crippen molar-refractivity contribution in [3.8, 4) is 0 Å². The van der Waals surface area contributed by atoms with Crippen molar-refractivity contribution in [2.24, 2.45) is 0 Å². The monoisotopic (exact) mass is 365 g/mol. The Morgan fingerprint density at radius 2 is 1.81 bits per heavy atom. The number of benzene rings is 2. The quantitative estimate of drug-likeness (QED) is 0.601. The van der Waals surface area contributed by atoms with E-state index >= 15 is 0 Å². The number of allylic oxidation sites excluding steroid dienone is 1. The third-order valence-electron chi connectivity index (χ3n) is 4.58. The van der Waals surface area contributed by atoms with Crippen LogP contribution < -0.4 is 4.90 Å². The lowest BCUT2D eigenvalue weighted by Gasteiger charge is -2.18. The minimum Gasteiger partial charge on any atom is -0.465 e. The molecule has 0 unspecified atom stereocenters.